The lowest BCUT2D eigenvalue weighted by Crippen LogP contribution is -2.40. The summed E-state index contributed by atoms with van der Waals surface area (Å²) in [5.41, 5.74) is 0.0297. The lowest BCUT2D eigenvalue weighted by atomic mass is 10.0. The molecule has 0 heterocycles. The fourth-order valence-corrected chi connectivity index (χ4v) is 1.86. The van der Waals surface area contributed by atoms with E-state index in [1.54, 1.807) is 0 Å². The molecular weight excluding hydrogens is 304 g/mol. The minimum absolute atomic E-state index is 0.0297. The van der Waals surface area contributed by atoms with Crippen LogP contribution in [-0.4, -0.2) is 18.7 Å². The Morgan fingerprint density at radius 3 is 2.56 bits per heavy atom. The Kier molecular flexibility index (Phi) is 5.53. The average molecular weight is 322 g/mol. The Labute approximate surface area is 115 Å². The number of nitrogens with one attached hydrogen (secondary N) is 1. The Bertz CT molecular complexity index is 387. The predicted molar refractivity (Wildman–Crippen MR) is 71.9 cm³/mol. The summed E-state index contributed by atoms with van der Waals surface area (Å²) in [6.45, 7) is 7.18. The Morgan fingerprint density at radius 1 is 1.33 bits per heavy atom. The van der Waals surface area contributed by atoms with Crippen LogP contribution in [0.1, 0.15) is 27.2 Å². The van der Waals surface area contributed by atoms with Crippen LogP contribution in [0.15, 0.2) is 16.6 Å². The van der Waals surface area contributed by atoms with E-state index in [9.17, 15) is 8.78 Å². The van der Waals surface area contributed by atoms with Gasteiger partial charge in [-0.1, -0.05) is 6.92 Å². The third kappa shape index (κ3) is 4.53. The molecule has 0 aliphatic rings. The van der Waals surface area contributed by atoms with Crippen molar-refractivity contribution >= 4 is 15.9 Å². The zero-order chi connectivity index (χ0) is 13.8. The van der Waals surface area contributed by atoms with Crippen molar-refractivity contribution < 1.29 is 13.5 Å². The largest absolute Gasteiger partial charge is 0.488 e. The van der Waals surface area contributed by atoms with Gasteiger partial charge >= 0.3 is 0 Å². The van der Waals surface area contributed by atoms with E-state index in [4.69, 9.17) is 4.74 Å². The van der Waals surface area contributed by atoms with Gasteiger partial charge in [0.2, 0.25) is 0 Å². The summed E-state index contributed by atoms with van der Waals surface area (Å²) in [6, 6.07) is 1.99. The molecule has 0 saturated carbocycles. The van der Waals surface area contributed by atoms with E-state index >= 15 is 0 Å². The van der Waals surface area contributed by atoms with Crippen LogP contribution >= 0.6 is 15.9 Å². The van der Waals surface area contributed by atoms with Gasteiger partial charge in [0, 0.05) is 18.2 Å². The third-order valence-electron chi connectivity index (χ3n) is 2.80. The highest BCUT2D eigenvalue weighted by Gasteiger charge is 2.14. The summed E-state index contributed by atoms with van der Waals surface area (Å²) in [7, 11) is 0. The van der Waals surface area contributed by atoms with Crippen molar-refractivity contribution in [2.24, 2.45) is 0 Å². The highest BCUT2D eigenvalue weighted by atomic mass is 79.9. The van der Waals surface area contributed by atoms with Crippen molar-refractivity contribution in [1.82, 2.24) is 5.32 Å². The minimum atomic E-state index is -0.698. The molecule has 0 spiro atoms. The van der Waals surface area contributed by atoms with Gasteiger partial charge in [0.25, 0.3) is 0 Å². The summed E-state index contributed by atoms with van der Waals surface area (Å²) in [5.74, 6) is -1.28. The first-order chi connectivity index (χ1) is 8.35. The van der Waals surface area contributed by atoms with E-state index in [2.05, 4.69) is 42.0 Å². The van der Waals surface area contributed by atoms with E-state index < -0.39 is 11.6 Å². The van der Waals surface area contributed by atoms with Gasteiger partial charge in [-0.2, -0.15) is 0 Å². The lowest BCUT2D eigenvalue weighted by Gasteiger charge is -2.24. The second-order valence-electron chi connectivity index (χ2n) is 4.71. The van der Waals surface area contributed by atoms with Crippen molar-refractivity contribution in [3.05, 3.63) is 28.2 Å². The van der Waals surface area contributed by atoms with Gasteiger partial charge < -0.3 is 10.1 Å². The standard InChI is InChI=1S/C13H18BrF2NO/c1-4-13(2,3)17-5-6-18-12-10(14)7-9(15)8-11(12)16/h7-8,17H,4-6H2,1-3H3. The second kappa shape index (κ2) is 6.48. The second-order valence-corrected chi connectivity index (χ2v) is 5.57. The number of rotatable bonds is 6. The summed E-state index contributed by atoms with van der Waals surface area (Å²) < 4.78 is 31.9. The van der Waals surface area contributed by atoms with Gasteiger partial charge in [-0.3, -0.25) is 0 Å². The molecule has 18 heavy (non-hydrogen) atoms. The monoisotopic (exact) mass is 321 g/mol. The summed E-state index contributed by atoms with van der Waals surface area (Å²) in [4.78, 5) is 0. The summed E-state index contributed by atoms with van der Waals surface area (Å²) >= 11 is 3.08. The lowest BCUT2D eigenvalue weighted by molar-refractivity contribution is 0.269. The van der Waals surface area contributed by atoms with E-state index in [0.717, 1.165) is 12.5 Å². The molecule has 0 bridgehead atoms. The molecule has 0 aliphatic carbocycles. The molecule has 1 aromatic carbocycles. The SMILES string of the molecule is CCC(C)(C)NCCOc1c(F)cc(F)cc1Br. The fourth-order valence-electron chi connectivity index (χ4n) is 1.33. The quantitative estimate of drug-likeness (QED) is 0.803. The summed E-state index contributed by atoms with van der Waals surface area (Å²) in [5, 5.41) is 3.29. The van der Waals surface area contributed by atoms with Gasteiger partial charge in [0.1, 0.15) is 12.4 Å². The third-order valence-corrected chi connectivity index (χ3v) is 3.39. The first-order valence-corrected chi connectivity index (χ1v) is 6.67. The molecule has 1 rings (SSSR count). The molecule has 0 unspecified atom stereocenters. The first kappa shape index (κ1) is 15.4. The molecule has 0 atom stereocenters. The minimum Gasteiger partial charge on any atom is -0.488 e. The highest BCUT2D eigenvalue weighted by Crippen LogP contribution is 2.29. The molecule has 102 valence electrons. The molecule has 0 aromatic heterocycles. The molecule has 0 aliphatic heterocycles. The van der Waals surface area contributed by atoms with Gasteiger partial charge in [-0.15, -0.1) is 0 Å². The van der Waals surface area contributed by atoms with Crippen LogP contribution in [0.4, 0.5) is 8.78 Å². The topological polar surface area (TPSA) is 21.3 Å². The Balaban J connectivity index is 2.50. The van der Waals surface area contributed by atoms with Crippen LogP contribution in [0.3, 0.4) is 0 Å². The molecule has 1 aromatic rings. The van der Waals surface area contributed by atoms with Gasteiger partial charge in [-0.05, 0) is 42.3 Å². The van der Waals surface area contributed by atoms with Crippen molar-refractivity contribution in [2.75, 3.05) is 13.2 Å². The van der Waals surface area contributed by atoms with E-state index in [-0.39, 0.29) is 15.8 Å². The normalized spacial score (nSPS) is 11.7. The summed E-state index contributed by atoms with van der Waals surface area (Å²) in [6.07, 6.45) is 0.988. The maximum absolute atomic E-state index is 13.4. The molecule has 5 heteroatoms. The van der Waals surface area contributed by atoms with Crippen LogP contribution in [0.25, 0.3) is 0 Å². The van der Waals surface area contributed by atoms with Crippen molar-refractivity contribution in [2.45, 2.75) is 32.7 Å². The smallest absolute Gasteiger partial charge is 0.169 e. The number of hydrogen-bond acceptors (Lipinski definition) is 2. The van der Waals surface area contributed by atoms with Crippen LogP contribution in [-0.2, 0) is 0 Å². The molecule has 0 saturated heterocycles. The number of halogens is 3. The fraction of sp³-hybridized carbons (Fsp3) is 0.538. The molecule has 0 radical (unpaired) electrons. The van der Waals surface area contributed by atoms with Crippen LogP contribution < -0.4 is 10.1 Å². The zero-order valence-corrected chi connectivity index (χ0v) is 12.4. The zero-order valence-electron chi connectivity index (χ0n) is 10.8. The Morgan fingerprint density at radius 2 is 2.00 bits per heavy atom. The maximum Gasteiger partial charge on any atom is 0.169 e. The Hall–Kier alpha value is -0.680. The molecule has 0 amide bonds. The number of ether oxygens (including phenoxy) is 1. The molecular formula is C13H18BrF2NO. The molecule has 0 fully saturated rings. The maximum atomic E-state index is 13.4. The van der Waals surface area contributed by atoms with Crippen molar-refractivity contribution in [3.63, 3.8) is 0 Å². The highest BCUT2D eigenvalue weighted by molar-refractivity contribution is 9.10. The van der Waals surface area contributed by atoms with Crippen LogP contribution in [0.2, 0.25) is 0 Å². The van der Waals surface area contributed by atoms with E-state index in [0.29, 0.717) is 13.2 Å². The first-order valence-electron chi connectivity index (χ1n) is 5.88. The van der Waals surface area contributed by atoms with E-state index in [1.165, 1.54) is 6.07 Å². The van der Waals surface area contributed by atoms with Crippen molar-refractivity contribution in [1.29, 1.82) is 0 Å². The van der Waals surface area contributed by atoms with Crippen molar-refractivity contribution in [3.8, 4) is 5.75 Å². The number of benzene rings is 1. The van der Waals surface area contributed by atoms with Gasteiger partial charge in [0.05, 0.1) is 4.47 Å². The predicted octanol–water partition coefficient (Wildman–Crippen LogP) is 3.88. The van der Waals surface area contributed by atoms with Crippen LogP contribution in [0, 0.1) is 11.6 Å². The van der Waals surface area contributed by atoms with Crippen LogP contribution in [0.5, 0.6) is 5.75 Å². The number of hydrogen-bond donors (Lipinski definition) is 1. The van der Waals surface area contributed by atoms with E-state index in [1.807, 2.05) is 0 Å². The van der Waals surface area contributed by atoms with Gasteiger partial charge in [-0.25, -0.2) is 8.78 Å². The molecule has 2 nitrogen and oxygen atoms in total. The molecule has 1 N–H and O–H groups in total. The van der Waals surface area contributed by atoms with Gasteiger partial charge in [0.15, 0.2) is 11.6 Å². The average Bonchev–Trinajstić information content (AvgIpc) is 2.26.